The summed E-state index contributed by atoms with van der Waals surface area (Å²) in [4.78, 5) is 12.7. The normalized spacial score (nSPS) is 11.9. The fourth-order valence-electron chi connectivity index (χ4n) is 3.09. The summed E-state index contributed by atoms with van der Waals surface area (Å²) in [5.74, 6) is -0.0913. The minimum atomic E-state index is -0.846. The Morgan fingerprint density at radius 1 is 1.18 bits per heavy atom. The maximum atomic E-state index is 13.9. The number of hydrogen-bond donors (Lipinski definition) is 1. The Labute approximate surface area is 192 Å². The van der Waals surface area contributed by atoms with Crippen LogP contribution in [0.3, 0.4) is 0 Å². The van der Waals surface area contributed by atoms with Gasteiger partial charge < -0.3 is 14.5 Å². The minimum Gasteiger partial charge on any atom is -0.497 e. The van der Waals surface area contributed by atoms with Gasteiger partial charge in [0.25, 0.3) is 0 Å². The fraction of sp³-hybridized carbons (Fsp3) is 0.174. The van der Waals surface area contributed by atoms with Gasteiger partial charge in [0.15, 0.2) is 11.0 Å². The summed E-state index contributed by atoms with van der Waals surface area (Å²) in [6.45, 7) is 2.01. The Bertz CT molecular complexity index is 1260. The van der Waals surface area contributed by atoms with Gasteiger partial charge in [-0.1, -0.05) is 23.9 Å². The first-order chi connectivity index (χ1) is 15.9. The van der Waals surface area contributed by atoms with Gasteiger partial charge in [0.05, 0.1) is 30.9 Å². The molecule has 4 aromatic rings. The van der Waals surface area contributed by atoms with E-state index in [9.17, 15) is 13.6 Å². The van der Waals surface area contributed by atoms with Crippen LogP contribution >= 0.6 is 11.8 Å². The van der Waals surface area contributed by atoms with E-state index in [0.717, 1.165) is 23.4 Å². The molecule has 0 fully saturated rings. The summed E-state index contributed by atoms with van der Waals surface area (Å²) in [5, 5.41) is 10.9. The van der Waals surface area contributed by atoms with Gasteiger partial charge in [-0.25, -0.2) is 8.78 Å². The van der Waals surface area contributed by atoms with Crippen molar-refractivity contribution in [1.29, 1.82) is 0 Å². The number of ether oxygens (including phenoxy) is 1. The predicted octanol–water partition coefficient (Wildman–Crippen LogP) is 4.99. The number of nitrogens with zero attached hydrogens (tertiary/aromatic N) is 3. The predicted molar refractivity (Wildman–Crippen MR) is 120 cm³/mol. The maximum absolute atomic E-state index is 13.9. The number of benzene rings is 2. The lowest BCUT2D eigenvalue weighted by molar-refractivity contribution is -0.115. The summed E-state index contributed by atoms with van der Waals surface area (Å²) in [6.07, 6.45) is 1.57. The van der Waals surface area contributed by atoms with Crippen LogP contribution in [0, 0.1) is 11.6 Å². The lowest BCUT2D eigenvalue weighted by Crippen LogP contribution is -2.23. The second kappa shape index (κ2) is 9.86. The van der Waals surface area contributed by atoms with E-state index in [-0.39, 0.29) is 5.69 Å². The van der Waals surface area contributed by atoms with E-state index in [0.29, 0.717) is 35.1 Å². The molecule has 1 atom stereocenters. The highest BCUT2D eigenvalue weighted by Gasteiger charge is 2.22. The van der Waals surface area contributed by atoms with E-state index in [2.05, 4.69) is 15.5 Å². The molecule has 0 spiro atoms. The van der Waals surface area contributed by atoms with E-state index < -0.39 is 22.8 Å². The fourth-order valence-corrected chi connectivity index (χ4v) is 3.94. The first-order valence-corrected chi connectivity index (χ1v) is 10.8. The number of anilines is 1. The lowest BCUT2D eigenvalue weighted by Gasteiger charge is -2.14. The van der Waals surface area contributed by atoms with E-state index in [1.807, 2.05) is 34.9 Å². The van der Waals surface area contributed by atoms with Gasteiger partial charge in [0, 0.05) is 11.6 Å². The Morgan fingerprint density at radius 3 is 2.76 bits per heavy atom. The molecule has 0 bridgehead atoms. The minimum absolute atomic E-state index is 0.0945. The zero-order valence-electron chi connectivity index (χ0n) is 17.8. The van der Waals surface area contributed by atoms with Crippen LogP contribution in [0.15, 0.2) is 70.4 Å². The number of halogens is 2. The quantitative estimate of drug-likeness (QED) is 0.365. The zero-order valence-corrected chi connectivity index (χ0v) is 18.6. The van der Waals surface area contributed by atoms with Crippen molar-refractivity contribution >= 4 is 23.4 Å². The second-order valence-electron chi connectivity index (χ2n) is 7.08. The van der Waals surface area contributed by atoms with Gasteiger partial charge in [0.1, 0.15) is 23.1 Å². The average Bonchev–Trinajstić information content (AvgIpc) is 3.46. The number of methoxy groups -OCH3 is 1. The number of carbonyl (C=O) groups is 1. The van der Waals surface area contributed by atoms with Crippen LogP contribution in [0.5, 0.6) is 5.75 Å². The van der Waals surface area contributed by atoms with Crippen molar-refractivity contribution in [1.82, 2.24) is 14.8 Å². The summed E-state index contributed by atoms with van der Waals surface area (Å²) in [5.41, 5.74) is 0.689. The number of thioether (sulfide) groups is 1. The number of nitrogens with one attached hydrogen (secondary N) is 1. The zero-order chi connectivity index (χ0) is 23.4. The van der Waals surface area contributed by atoms with Crippen LogP contribution in [0.2, 0.25) is 0 Å². The van der Waals surface area contributed by atoms with Gasteiger partial charge in [-0.05, 0) is 43.3 Å². The molecule has 170 valence electrons. The number of aromatic nitrogens is 3. The number of carbonyl (C=O) groups excluding carboxylic acids is 1. The molecular formula is C23H20F2N4O3S. The van der Waals surface area contributed by atoms with Crippen LogP contribution < -0.4 is 10.1 Å². The van der Waals surface area contributed by atoms with Crippen molar-refractivity contribution in [3.05, 3.63) is 78.3 Å². The van der Waals surface area contributed by atoms with E-state index >= 15 is 0 Å². The molecule has 0 aliphatic rings. The third kappa shape index (κ3) is 5.23. The van der Waals surface area contributed by atoms with Crippen molar-refractivity contribution in [3.8, 4) is 17.1 Å². The molecular weight excluding hydrogens is 450 g/mol. The molecule has 2 aromatic carbocycles. The smallest absolute Gasteiger partial charge is 0.237 e. The summed E-state index contributed by atoms with van der Waals surface area (Å²) in [7, 11) is 1.58. The lowest BCUT2D eigenvalue weighted by atomic mass is 10.2. The highest BCUT2D eigenvalue weighted by Crippen LogP contribution is 2.30. The van der Waals surface area contributed by atoms with Gasteiger partial charge in [-0.15, -0.1) is 10.2 Å². The Hall–Kier alpha value is -3.66. The van der Waals surface area contributed by atoms with Crippen LogP contribution in [-0.2, 0) is 11.3 Å². The molecule has 10 heteroatoms. The van der Waals surface area contributed by atoms with Crippen molar-refractivity contribution in [2.75, 3.05) is 12.4 Å². The molecule has 0 aliphatic heterocycles. The molecule has 0 saturated carbocycles. The molecule has 33 heavy (non-hydrogen) atoms. The molecule has 0 saturated heterocycles. The van der Waals surface area contributed by atoms with Crippen molar-refractivity contribution in [2.45, 2.75) is 23.9 Å². The standard InChI is InChI=1S/C23H20F2N4O3S/c1-14(22(30)26-20-9-8-16(24)12-19(20)25)33-23-28-27-21(15-5-3-6-17(11-15)31-2)29(23)13-18-7-4-10-32-18/h3-12,14H,13H2,1-2H3,(H,26,30). The number of amides is 1. The maximum Gasteiger partial charge on any atom is 0.237 e. The highest BCUT2D eigenvalue weighted by molar-refractivity contribution is 8.00. The molecule has 0 radical (unpaired) electrons. The molecule has 1 N–H and O–H groups in total. The third-order valence-corrected chi connectivity index (χ3v) is 5.86. The van der Waals surface area contributed by atoms with E-state index in [4.69, 9.17) is 9.15 Å². The Morgan fingerprint density at radius 2 is 2.03 bits per heavy atom. The first-order valence-electron chi connectivity index (χ1n) is 9.97. The van der Waals surface area contributed by atoms with E-state index in [1.54, 1.807) is 26.4 Å². The van der Waals surface area contributed by atoms with Crippen LogP contribution in [0.1, 0.15) is 12.7 Å². The second-order valence-corrected chi connectivity index (χ2v) is 8.39. The number of hydrogen-bond acceptors (Lipinski definition) is 6. The van der Waals surface area contributed by atoms with Crippen LogP contribution in [-0.4, -0.2) is 33.0 Å². The topological polar surface area (TPSA) is 82.2 Å². The molecule has 0 aliphatic carbocycles. The third-order valence-electron chi connectivity index (χ3n) is 4.78. The molecule has 2 heterocycles. The van der Waals surface area contributed by atoms with E-state index in [1.165, 1.54) is 6.07 Å². The highest BCUT2D eigenvalue weighted by atomic mass is 32.2. The molecule has 1 amide bonds. The number of furan rings is 1. The molecule has 1 unspecified atom stereocenters. The summed E-state index contributed by atoms with van der Waals surface area (Å²) < 4.78 is 39.7. The van der Waals surface area contributed by atoms with Crippen LogP contribution in [0.25, 0.3) is 11.4 Å². The average molecular weight is 471 g/mol. The SMILES string of the molecule is COc1cccc(-c2nnc(SC(C)C(=O)Nc3ccc(F)cc3F)n2Cc2ccco2)c1. The van der Waals surface area contributed by atoms with Gasteiger partial charge in [-0.3, -0.25) is 9.36 Å². The number of rotatable bonds is 8. The summed E-state index contributed by atoms with van der Waals surface area (Å²) >= 11 is 1.16. The molecule has 2 aromatic heterocycles. The molecule has 7 nitrogen and oxygen atoms in total. The van der Waals surface area contributed by atoms with Crippen molar-refractivity contribution in [3.63, 3.8) is 0 Å². The molecule has 4 rings (SSSR count). The van der Waals surface area contributed by atoms with Gasteiger partial charge in [-0.2, -0.15) is 0 Å². The Kier molecular flexibility index (Phi) is 6.74. The van der Waals surface area contributed by atoms with Crippen molar-refractivity contribution < 1.29 is 22.7 Å². The first kappa shape index (κ1) is 22.5. The monoisotopic (exact) mass is 470 g/mol. The Balaban J connectivity index is 1.59. The van der Waals surface area contributed by atoms with Gasteiger partial charge >= 0.3 is 0 Å². The van der Waals surface area contributed by atoms with Crippen molar-refractivity contribution in [2.24, 2.45) is 0 Å². The summed E-state index contributed by atoms with van der Waals surface area (Å²) in [6, 6.07) is 14.0. The van der Waals surface area contributed by atoms with Gasteiger partial charge in [0.2, 0.25) is 5.91 Å². The van der Waals surface area contributed by atoms with Crippen LogP contribution in [0.4, 0.5) is 14.5 Å². The largest absolute Gasteiger partial charge is 0.497 e.